The van der Waals surface area contributed by atoms with Gasteiger partial charge in [-0.2, -0.15) is 0 Å². The van der Waals surface area contributed by atoms with Gasteiger partial charge in [0.25, 0.3) is 0 Å². The van der Waals surface area contributed by atoms with Gasteiger partial charge >= 0.3 is 0 Å². The van der Waals surface area contributed by atoms with Crippen molar-refractivity contribution in [3.8, 4) is 0 Å². The minimum absolute atomic E-state index is 0.490. The second kappa shape index (κ2) is 6.49. The maximum absolute atomic E-state index is 5.97. The number of hydrogen-bond donors (Lipinski definition) is 1. The predicted octanol–water partition coefficient (Wildman–Crippen LogP) is 4.85. The molecule has 0 aromatic heterocycles. The lowest BCUT2D eigenvalue weighted by atomic mass is 10.3. The fraction of sp³-hybridized carbons (Fsp3) is 0.200. The van der Waals surface area contributed by atoms with Crippen molar-refractivity contribution in [2.45, 2.75) is 0 Å². The van der Waals surface area contributed by atoms with Crippen LogP contribution in [0.5, 0.6) is 0 Å². The Morgan fingerprint density at radius 1 is 1.07 bits per heavy atom. The Morgan fingerprint density at radius 2 is 1.67 bits per heavy atom. The molecule has 1 N–H and O–H groups in total. The normalized spacial score (nSPS) is 10.9. The maximum Gasteiger partial charge on any atom is 0.0722 e. The van der Waals surface area contributed by atoms with E-state index in [0.29, 0.717) is 33.2 Å². The van der Waals surface area contributed by atoms with Gasteiger partial charge in [0, 0.05) is 17.4 Å². The highest BCUT2D eigenvalue weighted by Gasteiger charge is 2.05. The van der Waals surface area contributed by atoms with Crippen LogP contribution in [0.3, 0.4) is 0 Å². The Kier molecular flexibility index (Phi) is 5.62. The highest BCUT2D eigenvalue weighted by molar-refractivity contribution is 6.41. The first-order chi connectivity index (χ1) is 7.15. The average Bonchev–Trinajstić information content (AvgIpc) is 2.15. The average molecular weight is 285 g/mol. The summed E-state index contributed by atoms with van der Waals surface area (Å²) in [4.78, 5) is 0. The van der Waals surface area contributed by atoms with Crippen molar-refractivity contribution in [2.75, 3.05) is 17.7 Å². The zero-order chi connectivity index (χ0) is 11.3. The van der Waals surface area contributed by atoms with Crippen molar-refractivity contribution in [2.24, 2.45) is 0 Å². The van der Waals surface area contributed by atoms with Crippen LogP contribution >= 0.6 is 46.4 Å². The maximum atomic E-state index is 5.97. The molecule has 0 unspecified atom stereocenters. The van der Waals surface area contributed by atoms with Crippen molar-refractivity contribution < 1.29 is 0 Å². The van der Waals surface area contributed by atoms with Crippen LogP contribution in [0.4, 0.5) is 5.69 Å². The molecule has 0 aliphatic rings. The number of anilines is 1. The highest BCUT2D eigenvalue weighted by Crippen LogP contribution is 2.33. The summed E-state index contributed by atoms with van der Waals surface area (Å²) in [5.41, 5.74) is 0.682. The van der Waals surface area contributed by atoms with Crippen LogP contribution in [-0.4, -0.2) is 12.4 Å². The molecule has 0 fully saturated rings. The van der Waals surface area contributed by atoms with E-state index < -0.39 is 0 Å². The van der Waals surface area contributed by atoms with Crippen LogP contribution in [0.2, 0.25) is 15.1 Å². The highest BCUT2D eigenvalue weighted by atomic mass is 35.5. The first-order valence-electron chi connectivity index (χ1n) is 4.24. The quantitative estimate of drug-likeness (QED) is 0.615. The van der Waals surface area contributed by atoms with Crippen LogP contribution in [0.1, 0.15) is 0 Å². The number of hydrogen-bond acceptors (Lipinski definition) is 1. The summed E-state index contributed by atoms with van der Waals surface area (Å²) in [5.74, 6) is 0.490. The molecular formula is C10H9Cl4N. The van der Waals surface area contributed by atoms with Gasteiger partial charge in [-0.15, -0.1) is 11.6 Å². The molecule has 15 heavy (non-hydrogen) atoms. The molecule has 0 saturated heterocycles. The third-order valence-corrected chi connectivity index (χ3v) is 2.65. The standard InChI is InChI=1S/C10H9Cl4N/c11-3-1-2-4-15-10-8(13)5-7(12)6-9(10)14/h1-2,5-6,15H,3-4H2/b2-1+. The smallest absolute Gasteiger partial charge is 0.0722 e. The fourth-order valence-electron chi connectivity index (χ4n) is 1.02. The number of alkyl halides is 1. The minimum Gasteiger partial charge on any atom is -0.379 e. The lowest BCUT2D eigenvalue weighted by Crippen LogP contribution is -1.99. The molecule has 1 aromatic rings. The van der Waals surface area contributed by atoms with Gasteiger partial charge in [-0.05, 0) is 12.1 Å². The van der Waals surface area contributed by atoms with E-state index in [1.54, 1.807) is 12.1 Å². The molecule has 0 saturated carbocycles. The SMILES string of the molecule is ClC/C=C/CNc1c(Cl)cc(Cl)cc1Cl. The molecule has 0 bridgehead atoms. The van der Waals surface area contributed by atoms with Crippen molar-refractivity contribution in [1.82, 2.24) is 0 Å². The third-order valence-electron chi connectivity index (χ3n) is 1.66. The Bertz CT molecular complexity index is 339. The minimum atomic E-state index is 0.490. The number of halogens is 4. The van der Waals surface area contributed by atoms with Crippen LogP contribution < -0.4 is 5.32 Å². The Hall–Kier alpha value is -0.0800. The zero-order valence-electron chi connectivity index (χ0n) is 7.74. The van der Waals surface area contributed by atoms with E-state index in [1.165, 1.54) is 0 Å². The lowest BCUT2D eigenvalue weighted by Gasteiger charge is -2.08. The van der Waals surface area contributed by atoms with Gasteiger partial charge in [-0.3, -0.25) is 0 Å². The number of nitrogens with one attached hydrogen (secondary N) is 1. The van der Waals surface area contributed by atoms with Gasteiger partial charge in [-0.25, -0.2) is 0 Å². The van der Waals surface area contributed by atoms with E-state index >= 15 is 0 Å². The van der Waals surface area contributed by atoms with Crippen LogP contribution in [-0.2, 0) is 0 Å². The van der Waals surface area contributed by atoms with Gasteiger partial charge in [0.05, 0.1) is 15.7 Å². The van der Waals surface area contributed by atoms with Crippen LogP contribution in [0, 0.1) is 0 Å². The molecule has 0 aliphatic carbocycles. The molecule has 0 atom stereocenters. The van der Waals surface area contributed by atoms with Gasteiger partial charge in [-0.1, -0.05) is 47.0 Å². The summed E-state index contributed by atoms with van der Waals surface area (Å²) in [6.45, 7) is 0.619. The summed E-state index contributed by atoms with van der Waals surface area (Å²) < 4.78 is 0. The molecule has 82 valence electrons. The summed E-state index contributed by atoms with van der Waals surface area (Å²) in [5, 5.41) is 4.61. The molecule has 0 spiro atoms. The third kappa shape index (κ3) is 4.12. The lowest BCUT2D eigenvalue weighted by molar-refractivity contribution is 1.33. The molecular weight excluding hydrogens is 276 g/mol. The van der Waals surface area contributed by atoms with E-state index in [9.17, 15) is 0 Å². The first kappa shape index (κ1) is 13.0. The molecule has 1 rings (SSSR count). The fourth-order valence-corrected chi connectivity index (χ4v) is 2.09. The van der Waals surface area contributed by atoms with E-state index in [2.05, 4.69) is 5.32 Å². The van der Waals surface area contributed by atoms with Crippen molar-refractivity contribution >= 4 is 52.1 Å². The van der Waals surface area contributed by atoms with E-state index in [-0.39, 0.29) is 0 Å². The predicted molar refractivity (Wildman–Crippen MR) is 69.8 cm³/mol. The van der Waals surface area contributed by atoms with Gasteiger partial charge in [0.1, 0.15) is 0 Å². The molecule has 0 radical (unpaired) electrons. The zero-order valence-corrected chi connectivity index (χ0v) is 10.8. The van der Waals surface area contributed by atoms with Gasteiger partial charge in [0.15, 0.2) is 0 Å². The summed E-state index contributed by atoms with van der Waals surface area (Å²) in [6.07, 6.45) is 3.74. The summed E-state index contributed by atoms with van der Waals surface area (Å²) >= 11 is 23.2. The van der Waals surface area contributed by atoms with Crippen LogP contribution in [0.15, 0.2) is 24.3 Å². The molecule has 1 nitrogen and oxygen atoms in total. The Morgan fingerprint density at radius 3 is 2.20 bits per heavy atom. The molecule has 0 heterocycles. The van der Waals surface area contributed by atoms with Gasteiger partial charge < -0.3 is 5.32 Å². The monoisotopic (exact) mass is 283 g/mol. The second-order valence-corrected chi connectivity index (χ2v) is 4.31. The van der Waals surface area contributed by atoms with Crippen molar-refractivity contribution in [1.29, 1.82) is 0 Å². The van der Waals surface area contributed by atoms with Crippen LogP contribution in [0.25, 0.3) is 0 Å². The number of allylic oxidation sites excluding steroid dienone is 1. The molecule has 1 aromatic carbocycles. The van der Waals surface area contributed by atoms with E-state index in [1.807, 2.05) is 12.2 Å². The first-order valence-corrected chi connectivity index (χ1v) is 5.91. The largest absolute Gasteiger partial charge is 0.379 e. The molecule has 0 amide bonds. The van der Waals surface area contributed by atoms with Gasteiger partial charge in [0.2, 0.25) is 0 Å². The number of rotatable bonds is 4. The Labute approximate surface area is 109 Å². The molecule has 5 heteroatoms. The number of benzene rings is 1. The topological polar surface area (TPSA) is 12.0 Å². The van der Waals surface area contributed by atoms with E-state index in [4.69, 9.17) is 46.4 Å². The summed E-state index contributed by atoms with van der Waals surface area (Å²) in [7, 11) is 0. The van der Waals surface area contributed by atoms with Crippen molar-refractivity contribution in [3.05, 3.63) is 39.4 Å². The van der Waals surface area contributed by atoms with E-state index in [0.717, 1.165) is 0 Å². The summed E-state index contributed by atoms with van der Waals surface area (Å²) in [6, 6.07) is 3.28. The second-order valence-electron chi connectivity index (χ2n) is 2.75. The Balaban J connectivity index is 2.72. The molecule has 0 aliphatic heterocycles. The van der Waals surface area contributed by atoms with Crippen molar-refractivity contribution in [3.63, 3.8) is 0 Å².